The van der Waals surface area contributed by atoms with Gasteiger partial charge in [-0.15, -0.1) is 10.2 Å². The van der Waals surface area contributed by atoms with E-state index < -0.39 is 0 Å². The van der Waals surface area contributed by atoms with E-state index in [1.54, 1.807) is 4.40 Å². The van der Waals surface area contributed by atoms with E-state index in [2.05, 4.69) is 48.0 Å². The van der Waals surface area contributed by atoms with E-state index in [-0.39, 0.29) is 0 Å². The van der Waals surface area contributed by atoms with Crippen LogP contribution >= 0.6 is 34.2 Å². The number of H-pyrrole nitrogens is 1. The Morgan fingerprint density at radius 3 is 3.21 bits per heavy atom. The molecular formula is C6H2ClIN6. The Balaban J connectivity index is 2.69. The van der Waals surface area contributed by atoms with Crippen molar-refractivity contribution in [3.63, 3.8) is 0 Å². The van der Waals surface area contributed by atoms with Crippen molar-refractivity contribution in [2.24, 2.45) is 0 Å². The molecule has 3 heterocycles. The van der Waals surface area contributed by atoms with Crippen LogP contribution in [0.4, 0.5) is 0 Å². The summed E-state index contributed by atoms with van der Waals surface area (Å²) in [4.78, 5) is 4.10. The second-order valence-corrected chi connectivity index (χ2v) is 4.06. The maximum Gasteiger partial charge on any atom is 0.211 e. The average Bonchev–Trinajstić information content (AvgIpc) is 2.72. The normalized spacial score (nSPS) is 11.6. The molecule has 3 aromatic heterocycles. The fourth-order valence-electron chi connectivity index (χ4n) is 1.27. The first-order valence-electron chi connectivity index (χ1n) is 3.66. The summed E-state index contributed by atoms with van der Waals surface area (Å²) >= 11 is 8.03. The predicted molar refractivity (Wildman–Crippen MR) is 58.2 cm³/mol. The lowest BCUT2D eigenvalue weighted by molar-refractivity contribution is 1.05. The van der Waals surface area contributed by atoms with Gasteiger partial charge in [0.15, 0.2) is 11.3 Å². The molecular weight excluding hydrogens is 318 g/mol. The molecule has 0 atom stereocenters. The van der Waals surface area contributed by atoms with Crippen LogP contribution in [0.3, 0.4) is 0 Å². The Kier molecular flexibility index (Phi) is 1.65. The SMILES string of the molecule is Clc1nc2n[nH]c(I)c2c2nncn12. The predicted octanol–water partition coefficient (Wildman–Crippen LogP) is 1.26. The lowest BCUT2D eigenvalue weighted by Gasteiger charge is -1.95. The van der Waals surface area contributed by atoms with Gasteiger partial charge in [0, 0.05) is 0 Å². The van der Waals surface area contributed by atoms with Gasteiger partial charge in [-0.25, -0.2) is 0 Å². The van der Waals surface area contributed by atoms with Gasteiger partial charge < -0.3 is 0 Å². The number of halogens is 2. The standard InChI is InChI=1S/C6H2ClIN6/c7-6-10-4-2(3(8)11-12-4)5-13-9-1-14(5)6/h1H,(H,11,12). The Morgan fingerprint density at radius 2 is 2.36 bits per heavy atom. The molecule has 0 saturated heterocycles. The van der Waals surface area contributed by atoms with Crippen molar-refractivity contribution in [2.75, 3.05) is 0 Å². The summed E-state index contributed by atoms with van der Waals surface area (Å²) in [7, 11) is 0. The topological polar surface area (TPSA) is 71.8 Å². The molecule has 0 aromatic carbocycles. The highest BCUT2D eigenvalue weighted by Gasteiger charge is 2.13. The molecule has 6 nitrogen and oxygen atoms in total. The number of fused-ring (bicyclic) bond motifs is 3. The number of rotatable bonds is 0. The second kappa shape index (κ2) is 2.76. The minimum atomic E-state index is 0.306. The van der Waals surface area contributed by atoms with E-state index in [0.717, 1.165) is 9.09 Å². The largest absolute Gasteiger partial charge is 0.269 e. The molecule has 8 heteroatoms. The summed E-state index contributed by atoms with van der Waals surface area (Å²) in [6.07, 6.45) is 1.52. The molecule has 0 fully saturated rings. The van der Waals surface area contributed by atoms with Crippen LogP contribution in [0.15, 0.2) is 6.33 Å². The van der Waals surface area contributed by atoms with Crippen LogP contribution in [0.1, 0.15) is 0 Å². The Morgan fingerprint density at radius 1 is 1.50 bits per heavy atom. The first kappa shape index (κ1) is 8.36. The molecule has 3 rings (SSSR count). The molecule has 14 heavy (non-hydrogen) atoms. The zero-order valence-corrected chi connectivity index (χ0v) is 9.48. The van der Waals surface area contributed by atoms with Gasteiger partial charge in [0.1, 0.15) is 10.0 Å². The number of nitrogens with zero attached hydrogens (tertiary/aromatic N) is 5. The van der Waals surface area contributed by atoms with Gasteiger partial charge in [-0.3, -0.25) is 9.50 Å². The van der Waals surface area contributed by atoms with Crippen LogP contribution in [-0.2, 0) is 0 Å². The molecule has 0 aliphatic rings. The lowest BCUT2D eigenvalue weighted by Crippen LogP contribution is -1.91. The van der Waals surface area contributed by atoms with Crippen molar-refractivity contribution in [1.29, 1.82) is 0 Å². The van der Waals surface area contributed by atoms with E-state index in [9.17, 15) is 0 Å². The first-order valence-corrected chi connectivity index (χ1v) is 5.12. The molecule has 70 valence electrons. The summed E-state index contributed by atoms with van der Waals surface area (Å²) in [5.41, 5.74) is 1.22. The Bertz CT molecular complexity index is 628. The summed E-state index contributed by atoms with van der Waals surface area (Å²) < 4.78 is 2.49. The van der Waals surface area contributed by atoms with Crippen LogP contribution in [0.2, 0.25) is 5.28 Å². The number of hydrogen-bond acceptors (Lipinski definition) is 4. The molecule has 3 aromatic rings. The van der Waals surface area contributed by atoms with E-state index in [0.29, 0.717) is 16.6 Å². The highest BCUT2D eigenvalue weighted by molar-refractivity contribution is 14.1. The van der Waals surface area contributed by atoms with Crippen molar-refractivity contribution in [1.82, 2.24) is 29.8 Å². The summed E-state index contributed by atoms with van der Waals surface area (Å²) in [6.45, 7) is 0. The molecule has 0 radical (unpaired) electrons. The summed E-state index contributed by atoms with van der Waals surface area (Å²) in [6, 6.07) is 0. The fraction of sp³-hybridized carbons (Fsp3) is 0. The Labute approximate surface area is 95.8 Å². The van der Waals surface area contributed by atoms with Crippen LogP contribution in [-0.4, -0.2) is 29.8 Å². The smallest absolute Gasteiger partial charge is 0.211 e. The minimum Gasteiger partial charge on any atom is -0.269 e. The van der Waals surface area contributed by atoms with Gasteiger partial charge in [0.05, 0.1) is 5.39 Å². The van der Waals surface area contributed by atoms with Crippen LogP contribution < -0.4 is 0 Å². The molecule has 0 amide bonds. The molecule has 0 spiro atoms. The Hall–Kier alpha value is -0.960. The maximum atomic E-state index is 5.90. The summed E-state index contributed by atoms with van der Waals surface area (Å²) in [5.74, 6) is 0. The third-order valence-corrected chi connectivity index (χ3v) is 2.92. The van der Waals surface area contributed by atoms with Gasteiger partial charge in [-0.05, 0) is 34.2 Å². The third-order valence-electron chi connectivity index (χ3n) is 1.87. The van der Waals surface area contributed by atoms with Crippen LogP contribution in [0, 0.1) is 3.70 Å². The average molecular weight is 320 g/mol. The number of hydrogen-bond donors (Lipinski definition) is 1. The van der Waals surface area contributed by atoms with E-state index in [1.807, 2.05) is 0 Å². The quantitative estimate of drug-likeness (QED) is 0.500. The van der Waals surface area contributed by atoms with E-state index in [4.69, 9.17) is 11.6 Å². The van der Waals surface area contributed by atoms with Gasteiger partial charge >= 0.3 is 0 Å². The third kappa shape index (κ3) is 0.960. The van der Waals surface area contributed by atoms with E-state index in [1.165, 1.54) is 6.33 Å². The summed E-state index contributed by atoms with van der Waals surface area (Å²) in [5, 5.41) is 15.7. The van der Waals surface area contributed by atoms with Gasteiger partial charge in [-0.2, -0.15) is 10.1 Å². The van der Waals surface area contributed by atoms with Crippen molar-refractivity contribution in [3.05, 3.63) is 15.3 Å². The molecule has 0 unspecified atom stereocenters. The number of aromatic nitrogens is 6. The maximum absolute atomic E-state index is 5.90. The van der Waals surface area contributed by atoms with Crippen molar-refractivity contribution in [3.8, 4) is 0 Å². The molecule has 1 N–H and O–H groups in total. The van der Waals surface area contributed by atoms with Crippen molar-refractivity contribution < 1.29 is 0 Å². The van der Waals surface area contributed by atoms with E-state index >= 15 is 0 Å². The number of aromatic amines is 1. The van der Waals surface area contributed by atoms with Crippen molar-refractivity contribution in [2.45, 2.75) is 0 Å². The van der Waals surface area contributed by atoms with Crippen LogP contribution in [0.5, 0.6) is 0 Å². The zero-order chi connectivity index (χ0) is 9.71. The fourth-order valence-corrected chi connectivity index (χ4v) is 2.08. The van der Waals surface area contributed by atoms with Gasteiger partial charge in [0.2, 0.25) is 5.28 Å². The highest BCUT2D eigenvalue weighted by Crippen LogP contribution is 2.22. The highest BCUT2D eigenvalue weighted by atomic mass is 127. The first-order chi connectivity index (χ1) is 6.77. The molecule has 0 aliphatic heterocycles. The number of nitrogens with one attached hydrogen (secondary N) is 1. The van der Waals surface area contributed by atoms with Gasteiger partial charge in [-0.1, -0.05) is 0 Å². The second-order valence-electron chi connectivity index (χ2n) is 2.64. The zero-order valence-electron chi connectivity index (χ0n) is 6.57. The van der Waals surface area contributed by atoms with Crippen molar-refractivity contribution >= 4 is 50.9 Å². The molecule has 0 bridgehead atoms. The minimum absolute atomic E-state index is 0.306. The van der Waals surface area contributed by atoms with Crippen LogP contribution in [0.25, 0.3) is 16.7 Å². The molecule has 0 saturated carbocycles. The monoisotopic (exact) mass is 320 g/mol. The lowest BCUT2D eigenvalue weighted by atomic mass is 10.4. The van der Waals surface area contributed by atoms with Gasteiger partial charge in [0.25, 0.3) is 0 Å². The molecule has 0 aliphatic carbocycles.